The van der Waals surface area contributed by atoms with Crippen molar-refractivity contribution < 1.29 is 4.79 Å². The van der Waals surface area contributed by atoms with Crippen LogP contribution in [0.1, 0.15) is 18.4 Å². The minimum atomic E-state index is -0.0316. The van der Waals surface area contributed by atoms with Crippen molar-refractivity contribution >= 4 is 17.5 Å². The summed E-state index contributed by atoms with van der Waals surface area (Å²) in [7, 11) is 1.93. The molecule has 2 saturated heterocycles. The summed E-state index contributed by atoms with van der Waals surface area (Å²) in [6.45, 7) is 3.60. The molecule has 2 aliphatic rings. The van der Waals surface area contributed by atoms with Gasteiger partial charge in [0.2, 0.25) is 0 Å². The van der Waals surface area contributed by atoms with Crippen LogP contribution in [0.4, 0.5) is 16.3 Å². The largest absolute Gasteiger partial charge is 0.355 e. The molecule has 132 valence electrons. The van der Waals surface area contributed by atoms with Crippen molar-refractivity contribution in [1.29, 1.82) is 0 Å². The zero-order valence-electron chi connectivity index (χ0n) is 14.6. The second-order valence-electron chi connectivity index (χ2n) is 7.00. The lowest BCUT2D eigenvalue weighted by Gasteiger charge is -2.39. The number of hydrogen-bond donors (Lipinski definition) is 1. The highest BCUT2D eigenvalue weighted by Gasteiger charge is 2.31. The molecule has 4 rings (SSSR count). The maximum absolute atomic E-state index is 12.5. The number of pyridine rings is 1. The molecule has 4 heterocycles. The Labute approximate surface area is 147 Å². The van der Waals surface area contributed by atoms with Gasteiger partial charge in [0, 0.05) is 45.6 Å². The van der Waals surface area contributed by atoms with E-state index in [1.54, 1.807) is 6.20 Å². The van der Waals surface area contributed by atoms with Crippen LogP contribution in [0.5, 0.6) is 0 Å². The number of likely N-dealkylation sites (tertiary alicyclic amines) is 1. The number of rotatable bonds is 4. The molecule has 0 spiro atoms. The summed E-state index contributed by atoms with van der Waals surface area (Å²) in [5.41, 5.74) is 2.04. The normalized spacial score (nSPS) is 17.6. The van der Waals surface area contributed by atoms with Crippen LogP contribution in [0, 0.1) is 5.92 Å². The molecular weight excluding hydrogens is 316 g/mol. The molecule has 2 aromatic rings. The maximum atomic E-state index is 12.5. The van der Waals surface area contributed by atoms with Gasteiger partial charge in [-0.15, -0.1) is 0 Å². The van der Waals surface area contributed by atoms with E-state index in [1.807, 2.05) is 41.2 Å². The number of urea groups is 1. The van der Waals surface area contributed by atoms with Gasteiger partial charge in [-0.2, -0.15) is 5.10 Å². The van der Waals surface area contributed by atoms with Crippen LogP contribution in [0.15, 0.2) is 30.7 Å². The van der Waals surface area contributed by atoms with Crippen molar-refractivity contribution in [2.24, 2.45) is 13.0 Å². The van der Waals surface area contributed by atoms with Gasteiger partial charge in [-0.05, 0) is 42.9 Å². The van der Waals surface area contributed by atoms with Gasteiger partial charge in [0.15, 0.2) is 5.82 Å². The summed E-state index contributed by atoms with van der Waals surface area (Å²) in [5.74, 6) is 1.41. The Bertz CT molecular complexity index is 746. The van der Waals surface area contributed by atoms with Crippen LogP contribution in [-0.2, 0) is 13.5 Å². The van der Waals surface area contributed by atoms with Gasteiger partial charge in [0.25, 0.3) is 0 Å². The van der Waals surface area contributed by atoms with Gasteiger partial charge in [0.05, 0.1) is 11.9 Å². The zero-order chi connectivity index (χ0) is 17.2. The van der Waals surface area contributed by atoms with Gasteiger partial charge in [-0.1, -0.05) is 0 Å². The predicted octanol–water partition coefficient (Wildman–Crippen LogP) is 2.12. The number of aryl methyl sites for hydroxylation is 1. The average molecular weight is 340 g/mol. The Morgan fingerprint density at radius 1 is 1.32 bits per heavy atom. The second-order valence-corrected chi connectivity index (χ2v) is 7.00. The Morgan fingerprint density at radius 3 is 2.84 bits per heavy atom. The van der Waals surface area contributed by atoms with Gasteiger partial charge >= 0.3 is 6.03 Å². The highest BCUT2D eigenvalue weighted by atomic mass is 16.2. The number of anilines is 2. The Kier molecular flexibility index (Phi) is 4.29. The molecule has 0 unspecified atom stereocenters. The standard InChI is InChI=1S/C18H24N6O/c1-22-11-14(10-20-22)9-15-12-24(13-15)18(25)21-16-5-4-6-19-17(16)23-7-2-3-8-23/h4-6,10-11,15H,2-3,7-9,12-13H2,1H3,(H,21,25). The van der Waals surface area contributed by atoms with Crippen molar-refractivity contribution in [3.05, 3.63) is 36.3 Å². The van der Waals surface area contributed by atoms with E-state index >= 15 is 0 Å². The number of carbonyl (C=O) groups is 1. The number of amides is 2. The first-order chi connectivity index (χ1) is 12.2. The van der Waals surface area contributed by atoms with E-state index in [4.69, 9.17) is 0 Å². The lowest BCUT2D eigenvalue weighted by molar-refractivity contribution is 0.131. The topological polar surface area (TPSA) is 66.3 Å². The van der Waals surface area contributed by atoms with E-state index in [-0.39, 0.29) is 6.03 Å². The third-order valence-corrected chi connectivity index (χ3v) is 4.96. The molecule has 0 bridgehead atoms. The first-order valence-electron chi connectivity index (χ1n) is 8.92. The van der Waals surface area contributed by atoms with Crippen LogP contribution < -0.4 is 10.2 Å². The first-order valence-corrected chi connectivity index (χ1v) is 8.92. The lowest BCUT2D eigenvalue weighted by Crippen LogP contribution is -2.52. The summed E-state index contributed by atoms with van der Waals surface area (Å²) >= 11 is 0. The van der Waals surface area contributed by atoms with E-state index < -0.39 is 0 Å². The van der Waals surface area contributed by atoms with Crippen LogP contribution >= 0.6 is 0 Å². The molecule has 7 heteroatoms. The molecule has 0 saturated carbocycles. The lowest BCUT2D eigenvalue weighted by atomic mass is 9.94. The van der Waals surface area contributed by atoms with Crippen molar-refractivity contribution in [3.63, 3.8) is 0 Å². The van der Waals surface area contributed by atoms with Crippen LogP contribution in [0.2, 0.25) is 0 Å². The highest BCUT2D eigenvalue weighted by molar-refractivity contribution is 5.92. The summed E-state index contributed by atoms with van der Waals surface area (Å²) < 4.78 is 1.82. The average Bonchev–Trinajstić information content (AvgIpc) is 3.22. The summed E-state index contributed by atoms with van der Waals surface area (Å²) in [6.07, 6.45) is 9.08. The number of nitrogens with zero attached hydrogens (tertiary/aromatic N) is 5. The van der Waals surface area contributed by atoms with E-state index in [0.717, 1.165) is 44.1 Å². The molecule has 7 nitrogen and oxygen atoms in total. The molecule has 0 aromatic carbocycles. The fraction of sp³-hybridized carbons (Fsp3) is 0.500. The summed E-state index contributed by atoms with van der Waals surface area (Å²) in [4.78, 5) is 21.1. The number of carbonyl (C=O) groups excluding carboxylic acids is 1. The van der Waals surface area contributed by atoms with Gasteiger partial charge in [0.1, 0.15) is 0 Å². The number of hydrogen-bond acceptors (Lipinski definition) is 4. The highest BCUT2D eigenvalue weighted by Crippen LogP contribution is 2.27. The number of aromatic nitrogens is 3. The fourth-order valence-corrected chi connectivity index (χ4v) is 3.65. The smallest absolute Gasteiger partial charge is 0.321 e. The third kappa shape index (κ3) is 3.45. The molecule has 0 atom stereocenters. The van der Waals surface area contributed by atoms with E-state index in [1.165, 1.54) is 18.4 Å². The maximum Gasteiger partial charge on any atom is 0.321 e. The van der Waals surface area contributed by atoms with Gasteiger partial charge in [-0.3, -0.25) is 4.68 Å². The van der Waals surface area contributed by atoms with Crippen molar-refractivity contribution in [2.45, 2.75) is 19.3 Å². The number of nitrogens with one attached hydrogen (secondary N) is 1. The third-order valence-electron chi connectivity index (χ3n) is 4.96. The molecule has 25 heavy (non-hydrogen) atoms. The SMILES string of the molecule is Cn1cc(CC2CN(C(=O)Nc3cccnc3N3CCCC3)C2)cn1. The minimum absolute atomic E-state index is 0.0316. The molecule has 2 fully saturated rings. The monoisotopic (exact) mass is 340 g/mol. The van der Waals surface area contributed by atoms with E-state index in [2.05, 4.69) is 20.3 Å². The molecule has 1 N–H and O–H groups in total. The first kappa shape index (κ1) is 15.9. The predicted molar refractivity (Wildman–Crippen MR) is 96.7 cm³/mol. The molecule has 0 aliphatic carbocycles. The summed E-state index contributed by atoms with van der Waals surface area (Å²) in [5, 5.41) is 7.24. The van der Waals surface area contributed by atoms with Crippen molar-refractivity contribution in [3.8, 4) is 0 Å². The van der Waals surface area contributed by atoms with Crippen LogP contribution in [-0.4, -0.2) is 51.9 Å². The second kappa shape index (κ2) is 6.74. The van der Waals surface area contributed by atoms with Crippen LogP contribution in [0.25, 0.3) is 0 Å². The van der Waals surface area contributed by atoms with Crippen molar-refractivity contribution in [1.82, 2.24) is 19.7 Å². The minimum Gasteiger partial charge on any atom is -0.355 e. The summed E-state index contributed by atoms with van der Waals surface area (Å²) in [6, 6.07) is 3.78. The van der Waals surface area contributed by atoms with E-state index in [0.29, 0.717) is 5.92 Å². The fourth-order valence-electron chi connectivity index (χ4n) is 3.65. The van der Waals surface area contributed by atoms with Crippen LogP contribution in [0.3, 0.4) is 0 Å². The van der Waals surface area contributed by atoms with Gasteiger partial charge < -0.3 is 15.1 Å². The molecule has 2 amide bonds. The van der Waals surface area contributed by atoms with Gasteiger partial charge in [-0.25, -0.2) is 9.78 Å². The molecular formula is C18H24N6O. The Morgan fingerprint density at radius 2 is 2.12 bits per heavy atom. The quantitative estimate of drug-likeness (QED) is 0.926. The van der Waals surface area contributed by atoms with Crippen molar-refractivity contribution in [2.75, 3.05) is 36.4 Å². The Balaban J connectivity index is 1.33. The zero-order valence-corrected chi connectivity index (χ0v) is 14.6. The molecule has 0 radical (unpaired) electrons. The van der Waals surface area contributed by atoms with E-state index in [9.17, 15) is 4.79 Å². The molecule has 2 aliphatic heterocycles. The Hall–Kier alpha value is -2.57. The molecule has 2 aromatic heterocycles.